The lowest BCUT2D eigenvalue weighted by atomic mass is 9.99. The van der Waals surface area contributed by atoms with Gasteiger partial charge in [-0.15, -0.1) is 0 Å². The Balaban J connectivity index is 1.75. The molecule has 0 bridgehead atoms. The molecule has 0 spiro atoms. The molecule has 2 aromatic carbocycles. The van der Waals surface area contributed by atoms with Gasteiger partial charge in [0, 0.05) is 49.4 Å². The number of ketones is 1. The largest absolute Gasteiger partial charge is 0.495 e. The topological polar surface area (TPSA) is 120 Å². The number of rotatable bonds is 11. The fraction of sp³-hybridized carbons (Fsp3) is 0.375. The van der Waals surface area contributed by atoms with Gasteiger partial charge >= 0.3 is 12.7 Å². The first-order chi connectivity index (χ1) is 21.6. The molecule has 2 aromatic heterocycles. The summed E-state index contributed by atoms with van der Waals surface area (Å²) in [6.07, 6.45) is 0.511. The molecular formula is C32H34ClF2N3O8. The standard InChI is InChI=1S/C32H34ClF2N3O8/c1-32(2,3)46-31(42)38-24-13-18(7-9-20(24)29(41)36(38)4)14-25(39)23(11-12-43-5)37-17-27(44-6)22(16-28(37)40)21-15-19(33)8-10-26(21)45-30(34)35/h7-10,13,15-17,23,30H,11-12,14H2,1-6H3. The van der Waals surface area contributed by atoms with Gasteiger partial charge in [-0.2, -0.15) is 13.5 Å². The second kappa shape index (κ2) is 13.9. The van der Waals surface area contributed by atoms with Crippen LogP contribution in [-0.2, 0) is 27.7 Å². The predicted molar refractivity (Wildman–Crippen MR) is 167 cm³/mol. The Hall–Kier alpha value is -4.49. The SMILES string of the molecule is COCCC(C(=O)Cc1ccc2c(=O)n(C)n(C(=O)OC(C)(C)C)c2c1)n1cc(OC)c(-c2cc(Cl)ccc2OC(F)F)cc1=O. The van der Waals surface area contributed by atoms with E-state index in [1.807, 2.05) is 0 Å². The van der Waals surface area contributed by atoms with Crippen molar-refractivity contribution in [2.45, 2.75) is 51.9 Å². The van der Waals surface area contributed by atoms with Crippen molar-refractivity contribution in [2.75, 3.05) is 20.8 Å². The number of carbonyl (C=O) groups is 2. The number of methoxy groups -OCH3 is 2. The third-order valence-corrected chi connectivity index (χ3v) is 7.31. The molecule has 1 unspecified atom stereocenters. The van der Waals surface area contributed by atoms with Crippen LogP contribution in [0.5, 0.6) is 11.5 Å². The molecule has 4 aromatic rings. The number of halogens is 3. The summed E-state index contributed by atoms with van der Waals surface area (Å²) in [5.41, 5.74) is -0.891. The van der Waals surface area contributed by atoms with E-state index >= 15 is 0 Å². The zero-order valence-corrected chi connectivity index (χ0v) is 26.9. The van der Waals surface area contributed by atoms with Crippen LogP contribution >= 0.6 is 11.6 Å². The molecule has 0 radical (unpaired) electrons. The van der Waals surface area contributed by atoms with Gasteiger partial charge in [-0.3, -0.25) is 14.4 Å². The van der Waals surface area contributed by atoms with Crippen molar-refractivity contribution in [1.29, 1.82) is 0 Å². The minimum atomic E-state index is -3.13. The maximum atomic E-state index is 13.8. The lowest BCUT2D eigenvalue weighted by Gasteiger charge is -2.21. The monoisotopic (exact) mass is 661 g/mol. The summed E-state index contributed by atoms with van der Waals surface area (Å²) in [7, 11) is 4.22. The highest BCUT2D eigenvalue weighted by Gasteiger charge is 2.27. The van der Waals surface area contributed by atoms with E-state index in [9.17, 15) is 28.0 Å². The van der Waals surface area contributed by atoms with Gasteiger partial charge in [0.25, 0.3) is 11.1 Å². The minimum absolute atomic E-state index is 0.0980. The Bertz CT molecular complexity index is 1890. The molecule has 0 aliphatic rings. The zero-order valence-electron chi connectivity index (χ0n) is 26.1. The number of carbonyl (C=O) groups excluding carboxylic acids is 2. The van der Waals surface area contributed by atoms with E-state index in [4.69, 9.17) is 25.8 Å². The Morgan fingerprint density at radius 3 is 2.30 bits per heavy atom. The van der Waals surface area contributed by atoms with Crippen LogP contribution in [0.4, 0.5) is 13.6 Å². The average Bonchev–Trinajstić information content (AvgIpc) is 3.22. The smallest absolute Gasteiger partial charge is 0.434 e. The molecule has 0 saturated carbocycles. The lowest BCUT2D eigenvalue weighted by Crippen LogP contribution is -2.32. The maximum absolute atomic E-state index is 13.8. The number of fused-ring (bicyclic) bond motifs is 1. The van der Waals surface area contributed by atoms with Crippen molar-refractivity contribution in [3.63, 3.8) is 0 Å². The summed E-state index contributed by atoms with van der Waals surface area (Å²) in [6.45, 7) is 2.11. The second-order valence-electron chi connectivity index (χ2n) is 11.4. The number of pyridine rings is 1. The molecule has 0 amide bonds. The van der Waals surface area contributed by atoms with Gasteiger partial charge in [-0.25, -0.2) is 9.48 Å². The van der Waals surface area contributed by atoms with Gasteiger partial charge in [0.15, 0.2) is 5.78 Å². The fourth-order valence-corrected chi connectivity index (χ4v) is 5.23. The number of hydrogen-bond acceptors (Lipinski definition) is 8. The van der Waals surface area contributed by atoms with Crippen LogP contribution in [0.15, 0.2) is 58.3 Å². The zero-order chi connectivity index (χ0) is 33.9. The van der Waals surface area contributed by atoms with E-state index in [-0.39, 0.29) is 63.8 Å². The molecule has 4 rings (SSSR count). The summed E-state index contributed by atoms with van der Waals surface area (Å²) in [5, 5.41) is 0.469. The molecule has 0 fully saturated rings. The number of nitrogens with zero attached hydrogens (tertiary/aromatic N) is 3. The van der Waals surface area contributed by atoms with Crippen LogP contribution in [0.2, 0.25) is 5.02 Å². The van der Waals surface area contributed by atoms with Gasteiger partial charge in [0.05, 0.1) is 30.3 Å². The molecule has 0 N–H and O–H groups in total. The number of ether oxygens (including phenoxy) is 4. The number of alkyl halides is 2. The van der Waals surface area contributed by atoms with Crippen LogP contribution in [0, 0.1) is 0 Å². The fourth-order valence-electron chi connectivity index (χ4n) is 5.06. The highest BCUT2D eigenvalue weighted by Crippen LogP contribution is 2.38. The number of aromatic nitrogens is 3. The molecule has 14 heteroatoms. The van der Waals surface area contributed by atoms with Crippen molar-refractivity contribution in [1.82, 2.24) is 13.9 Å². The summed E-state index contributed by atoms with van der Waals surface area (Å²) in [6, 6.07) is 8.81. The first-order valence-electron chi connectivity index (χ1n) is 14.2. The molecule has 0 saturated heterocycles. The third-order valence-electron chi connectivity index (χ3n) is 7.07. The van der Waals surface area contributed by atoms with E-state index < -0.39 is 35.5 Å². The van der Waals surface area contributed by atoms with Gasteiger partial charge in [-0.05, 0) is 63.1 Å². The number of benzene rings is 2. The van der Waals surface area contributed by atoms with Crippen molar-refractivity contribution < 1.29 is 37.3 Å². The molecule has 246 valence electrons. The maximum Gasteiger partial charge on any atom is 0.434 e. The summed E-state index contributed by atoms with van der Waals surface area (Å²) < 4.78 is 50.5. The van der Waals surface area contributed by atoms with E-state index in [1.54, 1.807) is 32.9 Å². The molecule has 0 aliphatic heterocycles. The minimum Gasteiger partial charge on any atom is -0.495 e. The highest BCUT2D eigenvalue weighted by atomic mass is 35.5. The third kappa shape index (κ3) is 7.48. The van der Waals surface area contributed by atoms with Crippen LogP contribution in [0.25, 0.3) is 22.0 Å². The van der Waals surface area contributed by atoms with Crippen LogP contribution in [-0.4, -0.2) is 58.8 Å². The Morgan fingerprint density at radius 1 is 0.978 bits per heavy atom. The molecule has 2 heterocycles. The lowest BCUT2D eigenvalue weighted by molar-refractivity contribution is -0.122. The van der Waals surface area contributed by atoms with Crippen molar-refractivity contribution >= 4 is 34.4 Å². The van der Waals surface area contributed by atoms with Gasteiger partial charge in [-0.1, -0.05) is 17.7 Å². The van der Waals surface area contributed by atoms with Gasteiger partial charge in [0.2, 0.25) is 0 Å². The van der Waals surface area contributed by atoms with Crippen LogP contribution in [0.1, 0.15) is 38.8 Å². The molecular weight excluding hydrogens is 628 g/mol. The van der Waals surface area contributed by atoms with Crippen molar-refractivity contribution in [2.24, 2.45) is 7.05 Å². The molecule has 46 heavy (non-hydrogen) atoms. The van der Waals surface area contributed by atoms with E-state index in [1.165, 1.54) is 56.3 Å². The molecule has 1 atom stereocenters. The van der Waals surface area contributed by atoms with E-state index in [0.717, 1.165) is 15.4 Å². The summed E-state index contributed by atoms with van der Waals surface area (Å²) in [5.74, 6) is -0.494. The normalized spacial score (nSPS) is 12.4. The molecule has 0 aliphatic carbocycles. The summed E-state index contributed by atoms with van der Waals surface area (Å²) >= 11 is 6.13. The number of hydrogen-bond donors (Lipinski definition) is 0. The predicted octanol–water partition coefficient (Wildman–Crippen LogP) is 5.60. The average molecular weight is 662 g/mol. The van der Waals surface area contributed by atoms with Gasteiger partial charge < -0.3 is 23.5 Å². The van der Waals surface area contributed by atoms with E-state index in [0.29, 0.717) is 5.56 Å². The van der Waals surface area contributed by atoms with Gasteiger partial charge in [0.1, 0.15) is 17.1 Å². The Kier molecular flexibility index (Phi) is 10.4. The second-order valence-corrected chi connectivity index (χ2v) is 11.9. The Morgan fingerprint density at radius 2 is 1.67 bits per heavy atom. The summed E-state index contributed by atoms with van der Waals surface area (Å²) in [4.78, 5) is 53.1. The first-order valence-corrected chi connectivity index (χ1v) is 14.5. The van der Waals surface area contributed by atoms with Crippen LogP contribution < -0.4 is 20.6 Å². The number of Topliss-reactive ketones (excluding diaryl/α,β-unsaturated/α-hetero) is 1. The van der Waals surface area contributed by atoms with Crippen molar-refractivity contribution in [3.8, 4) is 22.6 Å². The highest BCUT2D eigenvalue weighted by molar-refractivity contribution is 6.31. The van der Waals surface area contributed by atoms with Crippen molar-refractivity contribution in [3.05, 3.63) is 80.0 Å². The first kappa shape index (κ1) is 34.4. The van der Waals surface area contributed by atoms with Crippen LogP contribution in [0.3, 0.4) is 0 Å². The quantitative estimate of drug-likeness (QED) is 0.204. The Labute approximate surface area is 267 Å². The molecule has 11 nitrogen and oxygen atoms in total. The van der Waals surface area contributed by atoms with E-state index in [2.05, 4.69) is 4.74 Å².